The van der Waals surface area contributed by atoms with Gasteiger partial charge in [-0.15, -0.1) is 0 Å². The zero-order chi connectivity index (χ0) is 15.7. The Bertz CT molecular complexity index is 672. The van der Waals surface area contributed by atoms with E-state index < -0.39 is 0 Å². The Morgan fingerprint density at radius 2 is 2.36 bits per heavy atom. The second-order valence-corrected chi connectivity index (χ2v) is 5.83. The first-order chi connectivity index (χ1) is 10.6. The van der Waals surface area contributed by atoms with Gasteiger partial charge in [0.25, 0.3) is 5.91 Å². The second kappa shape index (κ2) is 5.92. The number of hydrogen-bond acceptors (Lipinski definition) is 5. The quantitative estimate of drug-likeness (QED) is 0.834. The standard InChI is InChI=1S/C15H20N4O3/c1-9-13(14(21)16-5-12(8-20)10-3-4-10)22-15(18-9)11-6-17-19(2)7-11/h6-7,10,12,20H,3-5,8H2,1-2H3,(H,16,21). The average molecular weight is 304 g/mol. The maximum atomic E-state index is 12.2. The van der Waals surface area contributed by atoms with E-state index in [1.54, 1.807) is 31.0 Å². The number of nitrogens with one attached hydrogen (secondary N) is 1. The Morgan fingerprint density at radius 3 is 2.95 bits per heavy atom. The van der Waals surface area contributed by atoms with E-state index in [4.69, 9.17) is 4.42 Å². The van der Waals surface area contributed by atoms with Crippen molar-refractivity contribution < 1.29 is 14.3 Å². The third kappa shape index (κ3) is 3.04. The Hall–Kier alpha value is -2.15. The van der Waals surface area contributed by atoms with Crippen LogP contribution in [0.4, 0.5) is 0 Å². The van der Waals surface area contributed by atoms with E-state index in [0.717, 1.165) is 18.4 Å². The maximum absolute atomic E-state index is 12.2. The van der Waals surface area contributed by atoms with Crippen molar-refractivity contribution >= 4 is 5.91 Å². The maximum Gasteiger partial charge on any atom is 0.289 e. The van der Waals surface area contributed by atoms with Gasteiger partial charge in [0.2, 0.25) is 11.7 Å². The van der Waals surface area contributed by atoms with Crippen molar-refractivity contribution in [1.82, 2.24) is 20.1 Å². The molecule has 1 atom stereocenters. The number of aliphatic hydroxyl groups is 1. The summed E-state index contributed by atoms with van der Waals surface area (Å²) >= 11 is 0. The van der Waals surface area contributed by atoms with E-state index in [-0.39, 0.29) is 24.2 Å². The van der Waals surface area contributed by atoms with Crippen molar-refractivity contribution in [3.8, 4) is 11.5 Å². The summed E-state index contributed by atoms with van der Waals surface area (Å²) in [4.78, 5) is 16.5. The minimum atomic E-state index is -0.292. The summed E-state index contributed by atoms with van der Waals surface area (Å²) in [7, 11) is 1.81. The highest BCUT2D eigenvalue weighted by Crippen LogP contribution is 2.36. The lowest BCUT2D eigenvalue weighted by atomic mass is 10.1. The van der Waals surface area contributed by atoms with Crippen molar-refractivity contribution in [2.24, 2.45) is 18.9 Å². The molecule has 1 amide bonds. The Kier molecular flexibility index (Phi) is 3.98. The fraction of sp³-hybridized carbons (Fsp3) is 0.533. The van der Waals surface area contributed by atoms with E-state index in [1.807, 2.05) is 0 Å². The van der Waals surface area contributed by atoms with Gasteiger partial charge in [-0.3, -0.25) is 9.48 Å². The molecule has 3 rings (SSSR count). The molecule has 7 heteroatoms. The van der Waals surface area contributed by atoms with E-state index in [2.05, 4.69) is 15.4 Å². The molecular weight excluding hydrogens is 284 g/mol. The van der Waals surface area contributed by atoms with Crippen LogP contribution < -0.4 is 5.32 Å². The number of aryl methyl sites for hydroxylation is 2. The van der Waals surface area contributed by atoms with E-state index in [0.29, 0.717) is 24.0 Å². The molecule has 1 saturated carbocycles. The van der Waals surface area contributed by atoms with Crippen LogP contribution in [0.5, 0.6) is 0 Å². The minimum Gasteiger partial charge on any atom is -0.431 e. The number of hydrogen-bond donors (Lipinski definition) is 2. The van der Waals surface area contributed by atoms with Gasteiger partial charge in [-0.05, 0) is 25.7 Å². The average Bonchev–Trinajstić information content (AvgIpc) is 3.12. The van der Waals surface area contributed by atoms with Gasteiger partial charge in [0, 0.05) is 32.3 Å². The van der Waals surface area contributed by atoms with Crippen molar-refractivity contribution in [2.75, 3.05) is 13.2 Å². The van der Waals surface area contributed by atoms with Crippen LogP contribution in [0.1, 0.15) is 29.1 Å². The van der Waals surface area contributed by atoms with Crippen LogP contribution in [-0.2, 0) is 7.05 Å². The fourth-order valence-corrected chi connectivity index (χ4v) is 2.51. The van der Waals surface area contributed by atoms with Crippen molar-refractivity contribution in [3.63, 3.8) is 0 Å². The smallest absolute Gasteiger partial charge is 0.289 e. The van der Waals surface area contributed by atoms with Crippen molar-refractivity contribution in [2.45, 2.75) is 19.8 Å². The van der Waals surface area contributed by atoms with E-state index >= 15 is 0 Å². The lowest BCUT2D eigenvalue weighted by Gasteiger charge is -2.13. The molecule has 2 aromatic rings. The molecule has 1 unspecified atom stereocenters. The van der Waals surface area contributed by atoms with Gasteiger partial charge >= 0.3 is 0 Å². The van der Waals surface area contributed by atoms with Crippen LogP contribution >= 0.6 is 0 Å². The molecule has 1 aliphatic rings. The number of oxazole rings is 1. The Labute approximate surface area is 128 Å². The predicted molar refractivity (Wildman–Crippen MR) is 79.1 cm³/mol. The van der Waals surface area contributed by atoms with Gasteiger partial charge in [0.05, 0.1) is 17.5 Å². The highest BCUT2D eigenvalue weighted by atomic mass is 16.4. The molecule has 0 aliphatic heterocycles. The summed E-state index contributed by atoms with van der Waals surface area (Å²) < 4.78 is 7.23. The highest BCUT2D eigenvalue weighted by Gasteiger charge is 2.31. The molecule has 22 heavy (non-hydrogen) atoms. The number of amides is 1. The van der Waals surface area contributed by atoms with Crippen molar-refractivity contribution in [3.05, 3.63) is 23.8 Å². The monoisotopic (exact) mass is 304 g/mol. The summed E-state index contributed by atoms with van der Waals surface area (Å²) in [6.07, 6.45) is 5.69. The summed E-state index contributed by atoms with van der Waals surface area (Å²) in [5.74, 6) is 0.972. The molecule has 0 saturated heterocycles. The third-order valence-electron chi connectivity index (χ3n) is 4.00. The lowest BCUT2D eigenvalue weighted by Crippen LogP contribution is -2.31. The van der Waals surface area contributed by atoms with Crippen LogP contribution in [0.3, 0.4) is 0 Å². The number of rotatable bonds is 6. The van der Waals surface area contributed by atoms with Gasteiger partial charge in [0.1, 0.15) is 0 Å². The number of aliphatic hydroxyl groups excluding tert-OH is 1. The number of nitrogens with zero attached hydrogens (tertiary/aromatic N) is 3. The molecular formula is C15H20N4O3. The normalized spacial score (nSPS) is 15.8. The zero-order valence-corrected chi connectivity index (χ0v) is 12.7. The molecule has 2 N–H and O–H groups in total. The summed E-state index contributed by atoms with van der Waals surface area (Å²) in [5.41, 5.74) is 1.28. The number of aromatic nitrogens is 3. The summed E-state index contributed by atoms with van der Waals surface area (Å²) in [5, 5.41) is 16.2. The summed E-state index contributed by atoms with van der Waals surface area (Å²) in [6.45, 7) is 2.30. The summed E-state index contributed by atoms with van der Waals surface area (Å²) in [6, 6.07) is 0. The van der Waals surface area contributed by atoms with Gasteiger partial charge in [-0.2, -0.15) is 5.10 Å². The first-order valence-electron chi connectivity index (χ1n) is 7.44. The van der Waals surface area contributed by atoms with Crippen LogP contribution in [-0.4, -0.2) is 38.9 Å². The predicted octanol–water partition coefficient (Wildman–Crippen LogP) is 1.13. The number of carbonyl (C=O) groups excluding carboxylic acids is 1. The van der Waals surface area contributed by atoms with Gasteiger partial charge in [-0.25, -0.2) is 4.98 Å². The second-order valence-electron chi connectivity index (χ2n) is 5.83. The van der Waals surface area contributed by atoms with Gasteiger partial charge < -0.3 is 14.8 Å². The third-order valence-corrected chi connectivity index (χ3v) is 4.00. The molecule has 7 nitrogen and oxygen atoms in total. The fourth-order valence-electron chi connectivity index (χ4n) is 2.51. The Morgan fingerprint density at radius 1 is 1.59 bits per heavy atom. The SMILES string of the molecule is Cc1nc(-c2cnn(C)c2)oc1C(=O)NCC(CO)C1CC1. The van der Waals surface area contributed by atoms with Crippen LogP contribution in [0.25, 0.3) is 11.5 Å². The van der Waals surface area contributed by atoms with E-state index in [1.165, 1.54) is 0 Å². The van der Waals surface area contributed by atoms with Crippen LogP contribution in [0.2, 0.25) is 0 Å². The molecule has 0 radical (unpaired) electrons. The molecule has 0 aromatic carbocycles. The molecule has 2 heterocycles. The van der Waals surface area contributed by atoms with Gasteiger partial charge in [0.15, 0.2) is 0 Å². The molecule has 1 fully saturated rings. The lowest BCUT2D eigenvalue weighted by molar-refractivity contribution is 0.0908. The number of carbonyl (C=O) groups is 1. The molecule has 118 valence electrons. The highest BCUT2D eigenvalue weighted by molar-refractivity contribution is 5.92. The zero-order valence-electron chi connectivity index (χ0n) is 12.7. The first kappa shape index (κ1) is 14.8. The van der Waals surface area contributed by atoms with Crippen LogP contribution in [0.15, 0.2) is 16.8 Å². The molecule has 0 bridgehead atoms. The largest absolute Gasteiger partial charge is 0.431 e. The van der Waals surface area contributed by atoms with Crippen LogP contribution in [0, 0.1) is 18.8 Å². The molecule has 1 aliphatic carbocycles. The molecule has 2 aromatic heterocycles. The topological polar surface area (TPSA) is 93.2 Å². The Balaban J connectivity index is 1.68. The van der Waals surface area contributed by atoms with Crippen molar-refractivity contribution in [1.29, 1.82) is 0 Å². The first-order valence-corrected chi connectivity index (χ1v) is 7.44. The van der Waals surface area contributed by atoms with E-state index in [9.17, 15) is 9.90 Å². The molecule has 0 spiro atoms. The van der Waals surface area contributed by atoms with Gasteiger partial charge in [-0.1, -0.05) is 0 Å². The minimum absolute atomic E-state index is 0.0985.